The molecule has 0 aliphatic heterocycles. The summed E-state index contributed by atoms with van der Waals surface area (Å²) < 4.78 is 0. The Hall–Kier alpha value is -2.03. The fourth-order valence-electron chi connectivity index (χ4n) is 2.63. The fraction of sp³-hybridized carbons (Fsp3) is 0.312. The lowest BCUT2D eigenvalue weighted by atomic mass is 10.1. The van der Waals surface area contributed by atoms with Crippen LogP contribution in [0.3, 0.4) is 0 Å². The lowest BCUT2D eigenvalue weighted by Gasteiger charge is -2.08. The Morgan fingerprint density at radius 3 is 3.00 bits per heavy atom. The maximum atomic E-state index is 11.9. The molecule has 0 unspecified atom stereocenters. The first kappa shape index (κ1) is 12.0. The van der Waals surface area contributed by atoms with Gasteiger partial charge in [-0.25, -0.2) is 0 Å². The molecule has 0 saturated heterocycles. The predicted molar refractivity (Wildman–Crippen MR) is 79.6 cm³/mol. The topological polar surface area (TPSA) is 44.9 Å². The lowest BCUT2D eigenvalue weighted by molar-refractivity contribution is 0.862. The molecule has 3 heteroatoms. The van der Waals surface area contributed by atoms with Crippen molar-refractivity contribution in [3.05, 3.63) is 52.3 Å². The van der Waals surface area contributed by atoms with Gasteiger partial charge in [0.2, 0.25) is 0 Å². The highest BCUT2D eigenvalue weighted by Gasteiger charge is 2.04. The molecule has 0 amide bonds. The quantitative estimate of drug-likeness (QED) is 0.821. The van der Waals surface area contributed by atoms with E-state index in [1.807, 2.05) is 30.3 Å². The summed E-state index contributed by atoms with van der Waals surface area (Å²) in [6.07, 6.45) is 7.15. The highest BCUT2D eigenvalue weighted by Crippen LogP contribution is 2.20. The van der Waals surface area contributed by atoms with Crippen molar-refractivity contribution in [3.8, 4) is 0 Å². The summed E-state index contributed by atoms with van der Waals surface area (Å²) in [4.78, 5) is 14.8. The van der Waals surface area contributed by atoms with E-state index in [0.29, 0.717) is 0 Å². The van der Waals surface area contributed by atoms with Crippen LogP contribution in [-0.4, -0.2) is 11.5 Å². The molecule has 0 bridgehead atoms. The van der Waals surface area contributed by atoms with Gasteiger partial charge in [0.05, 0.1) is 0 Å². The average Bonchev–Trinajstić information content (AvgIpc) is 2.92. The van der Waals surface area contributed by atoms with E-state index in [0.717, 1.165) is 29.6 Å². The maximum absolute atomic E-state index is 11.9. The van der Waals surface area contributed by atoms with Crippen molar-refractivity contribution in [3.63, 3.8) is 0 Å². The summed E-state index contributed by atoms with van der Waals surface area (Å²) >= 11 is 0. The molecule has 2 aromatic rings. The molecule has 0 atom stereocenters. The van der Waals surface area contributed by atoms with Gasteiger partial charge in [0.15, 0.2) is 0 Å². The second-order valence-corrected chi connectivity index (χ2v) is 5.03. The normalized spacial score (nSPS) is 14.6. The van der Waals surface area contributed by atoms with Crippen LogP contribution in [0.5, 0.6) is 0 Å². The first-order valence-electron chi connectivity index (χ1n) is 6.87. The highest BCUT2D eigenvalue weighted by atomic mass is 16.1. The number of hydrogen-bond donors (Lipinski definition) is 2. The van der Waals surface area contributed by atoms with Crippen LogP contribution in [0.25, 0.3) is 10.8 Å². The molecule has 1 heterocycles. The van der Waals surface area contributed by atoms with Gasteiger partial charge in [-0.05, 0) is 43.2 Å². The fourth-order valence-corrected chi connectivity index (χ4v) is 2.63. The molecule has 1 aliphatic rings. The van der Waals surface area contributed by atoms with Gasteiger partial charge in [0.25, 0.3) is 5.56 Å². The molecule has 0 radical (unpaired) electrons. The highest BCUT2D eigenvalue weighted by molar-refractivity contribution is 5.83. The zero-order valence-corrected chi connectivity index (χ0v) is 10.9. The molecule has 1 aliphatic carbocycles. The summed E-state index contributed by atoms with van der Waals surface area (Å²) in [6, 6.07) is 9.66. The van der Waals surface area contributed by atoms with Gasteiger partial charge in [0, 0.05) is 11.9 Å². The third-order valence-corrected chi connectivity index (χ3v) is 3.65. The molecule has 1 aromatic heterocycles. The van der Waals surface area contributed by atoms with Crippen molar-refractivity contribution in [2.75, 3.05) is 11.9 Å². The summed E-state index contributed by atoms with van der Waals surface area (Å²) in [5, 5.41) is 5.03. The Bertz CT molecular complexity index is 670. The van der Waals surface area contributed by atoms with Gasteiger partial charge in [-0.15, -0.1) is 0 Å². The van der Waals surface area contributed by atoms with E-state index in [-0.39, 0.29) is 5.56 Å². The number of hydrogen-bond acceptors (Lipinski definition) is 2. The molecule has 1 aromatic carbocycles. The summed E-state index contributed by atoms with van der Waals surface area (Å²) in [5.41, 5.74) is 1.51. The number of H-pyrrole nitrogens is 1. The molecule has 0 fully saturated rings. The molecule has 98 valence electrons. The van der Waals surface area contributed by atoms with Crippen molar-refractivity contribution < 1.29 is 0 Å². The molecule has 3 nitrogen and oxygen atoms in total. The smallest absolute Gasteiger partial charge is 0.257 e. The van der Waals surface area contributed by atoms with Crippen LogP contribution >= 0.6 is 0 Å². The van der Waals surface area contributed by atoms with Crippen LogP contribution in [0.4, 0.5) is 5.82 Å². The van der Waals surface area contributed by atoms with Crippen LogP contribution < -0.4 is 10.9 Å². The average molecular weight is 254 g/mol. The summed E-state index contributed by atoms with van der Waals surface area (Å²) in [7, 11) is 0. The standard InChI is InChI=1S/C16H18N2O/c19-16-14-8-4-3-7-13(14)11-15(18-16)17-10-9-12-5-1-2-6-12/h3-5,7-8,11H,1-2,6,9-10H2,(H2,17,18,19). The first-order chi connectivity index (χ1) is 9.33. The number of anilines is 1. The minimum atomic E-state index is -0.0271. The molecule has 0 spiro atoms. The number of benzene rings is 1. The summed E-state index contributed by atoms with van der Waals surface area (Å²) in [5.74, 6) is 0.808. The van der Waals surface area contributed by atoms with E-state index >= 15 is 0 Å². The van der Waals surface area contributed by atoms with Crippen LogP contribution in [-0.2, 0) is 0 Å². The Morgan fingerprint density at radius 1 is 1.26 bits per heavy atom. The molecule has 3 rings (SSSR count). The molecule has 2 N–H and O–H groups in total. The van der Waals surface area contributed by atoms with Crippen LogP contribution in [0.2, 0.25) is 0 Å². The minimum absolute atomic E-state index is 0.0271. The van der Waals surface area contributed by atoms with Gasteiger partial charge in [-0.3, -0.25) is 4.79 Å². The number of nitrogens with one attached hydrogen (secondary N) is 2. The van der Waals surface area contributed by atoms with E-state index < -0.39 is 0 Å². The van der Waals surface area contributed by atoms with Crippen LogP contribution in [0.1, 0.15) is 25.7 Å². The number of fused-ring (bicyclic) bond motifs is 1. The van der Waals surface area contributed by atoms with Gasteiger partial charge >= 0.3 is 0 Å². The van der Waals surface area contributed by atoms with E-state index in [1.54, 1.807) is 0 Å². The zero-order chi connectivity index (χ0) is 13.1. The first-order valence-corrected chi connectivity index (χ1v) is 6.87. The Kier molecular flexibility index (Phi) is 3.36. The third kappa shape index (κ3) is 2.70. The molecule has 19 heavy (non-hydrogen) atoms. The second-order valence-electron chi connectivity index (χ2n) is 5.03. The third-order valence-electron chi connectivity index (χ3n) is 3.65. The number of rotatable bonds is 4. The lowest BCUT2D eigenvalue weighted by Crippen LogP contribution is -2.11. The number of aromatic amines is 1. The molecular weight excluding hydrogens is 236 g/mol. The minimum Gasteiger partial charge on any atom is -0.371 e. The van der Waals surface area contributed by atoms with Gasteiger partial charge in [0.1, 0.15) is 5.82 Å². The van der Waals surface area contributed by atoms with Gasteiger partial charge in [-0.2, -0.15) is 0 Å². The van der Waals surface area contributed by atoms with Gasteiger partial charge in [-0.1, -0.05) is 29.8 Å². The van der Waals surface area contributed by atoms with Crippen molar-refractivity contribution in [1.29, 1.82) is 0 Å². The molecular formula is C16H18N2O. The number of pyridine rings is 1. The maximum Gasteiger partial charge on any atom is 0.257 e. The Balaban J connectivity index is 1.72. The summed E-state index contributed by atoms with van der Waals surface area (Å²) in [6.45, 7) is 0.875. The Labute approximate surface area is 112 Å². The predicted octanol–water partition coefficient (Wildman–Crippen LogP) is 3.44. The van der Waals surface area contributed by atoms with Crippen molar-refractivity contribution in [2.45, 2.75) is 25.7 Å². The van der Waals surface area contributed by atoms with E-state index in [2.05, 4.69) is 16.4 Å². The van der Waals surface area contributed by atoms with E-state index in [1.165, 1.54) is 24.8 Å². The SMILES string of the molecule is O=c1[nH]c(NCCC2=CCCC2)cc2ccccc12. The van der Waals surface area contributed by atoms with E-state index in [4.69, 9.17) is 0 Å². The monoisotopic (exact) mass is 254 g/mol. The Morgan fingerprint density at radius 2 is 2.16 bits per heavy atom. The largest absolute Gasteiger partial charge is 0.371 e. The van der Waals surface area contributed by atoms with Crippen molar-refractivity contribution >= 4 is 16.6 Å². The number of allylic oxidation sites excluding steroid dienone is 1. The van der Waals surface area contributed by atoms with Gasteiger partial charge < -0.3 is 10.3 Å². The number of aromatic nitrogens is 1. The van der Waals surface area contributed by atoms with Crippen molar-refractivity contribution in [1.82, 2.24) is 4.98 Å². The van der Waals surface area contributed by atoms with Crippen molar-refractivity contribution in [2.24, 2.45) is 0 Å². The zero-order valence-electron chi connectivity index (χ0n) is 10.9. The second kappa shape index (κ2) is 5.31. The van der Waals surface area contributed by atoms with Crippen LogP contribution in [0.15, 0.2) is 46.8 Å². The van der Waals surface area contributed by atoms with Crippen LogP contribution in [0, 0.1) is 0 Å². The van der Waals surface area contributed by atoms with E-state index in [9.17, 15) is 4.79 Å². The molecule has 0 saturated carbocycles.